The number of primary amides is 1. The van der Waals surface area contributed by atoms with Gasteiger partial charge in [0.1, 0.15) is 17.2 Å². The summed E-state index contributed by atoms with van der Waals surface area (Å²) >= 11 is 6.58. The maximum absolute atomic E-state index is 12.2. The standard InChI is InChI=1S/C23H24ClN7O2/c24-15-11-27-22-19(18(15)28-17-13-4-3-12(10-13)16(17)20(25)32)29-21(30-22)14-2-1-5-26-23(14)31-6-8-33-9-7-31/h1-5,11-13,16-17H,6-10H2,(H2,25,32)(H2,27,28,29,30)/t12-,13+,16+,17-/m1/s1. The van der Waals surface area contributed by atoms with E-state index in [1.54, 1.807) is 12.4 Å². The lowest BCUT2D eigenvalue weighted by molar-refractivity contribution is -0.122. The Morgan fingerprint density at radius 3 is 2.88 bits per heavy atom. The number of imidazole rings is 1. The fourth-order valence-electron chi connectivity index (χ4n) is 5.38. The molecule has 1 amide bonds. The van der Waals surface area contributed by atoms with E-state index in [0.29, 0.717) is 40.9 Å². The Morgan fingerprint density at radius 1 is 1.24 bits per heavy atom. The Kier molecular flexibility index (Phi) is 4.95. The number of ether oxygens (including phenoxy) is 1. The lowest BCUT2D eigenvalue weighted by atomic mass is 9.88. The Hall–Kier alpha value is -3.17. The molecular weight excluding hydrogens is 442 g/mol. The molecule has 1 saturated heterocycles. The molecule has 3 aromatic heterocycles. The van der Waals surface area contributed by atoms with Gasteiger partial charge in [-0.3, -0.25) is 4.79 Å². The molecule has 9 nitrogen and oxygen atoms in total. The third kappa shape index (κ3) is 3.43. The molecule has 33 heavy (non-hydrogen) atoms. The number of aromatic nitrogens is 4. The molecule has 10 heteroatoms. The summed E-state index contributed by atoms with van der Waals surface area (Å²) in [7, 11) is 0. The SMILES string of the molecule is NC(=O)[C@@H]1[C@H](Nc2c(Cl)cnc3nc(-c4cccnc4N4CCOCC4)[nH]c23)[C@H]2C=C[C@@H]1C2. The molecule has 2 fully saturated rings. The summed E-state index contributed by atoms with van der Waals surface area (Å²) in [6.07, 6.45) is 8.56. The molecular formula is C23H24ClN7O2. The predicted octanol–water partition coefficient (Wildman–Crippen LogP) is 2.60. The molecule has 2 aliphatic carbocycles. The van der Waals surface area contributed by atoms with Crippen molar-refractivity contribution in [2.24, 2.45) is 23.5 Å². The fraction of sp³-hybridized carbons (Fsp3) is 0.391. The number of halogens is 1. The second-order valence-electron chi connectivity index (χ2n) is 8.79. The number of fused-ring (bicyclic) bond motifs is 3. The van der Waals surface area contributed by atoms with Crippen LogP contribution in [0.2, 0.25) is 5.02 Å². The number of rotatable bonds is 5. The first-order chi connectivity index (χ1) is 16.1. The lowest BCUT2D eigenvalue weighted by Gasteiger charge is -2.29. The summed E-state index contributed by atoms with van der Waals surface area (Å²) in [5.74, 6) is 1.36. The summed E-state index contributed by atoms with van der Waals surface area (Å²) in [4.78, 5) is 31.6. The number of anilines is 2. The molecule has 0 radical (unpaired) electrons. The third-order valence-electron chi connectivity index (χ3n) is 6.92. The van der Waals surface area contributed by atoms with Crippen molar-refractivity contribution in [2.75, 3.05) is 36.5 Å². The molecule has 3 aromatic rings. The Labute approximate surface area is 195 Å². The number of nitrogens with one attached hydrogen (secondary N) is 2. The largest absolute Gasteiger partial charge is 0.378 e. The van der Waals surface area contributed by atoms with Crippen LogP contribution >= 0.6 is 11.6 Å². The highest BCUT2D eigenvalue weighted by Gasteiger charge is 2.47. The van der Waals surface area contributed by atoms with Crippen molar-refractivity contribution in [3.8, 4) is 11.4 Å². The Bertz CT molecular complexity index is 1250. The highest BCUT2D eigenvalue weighted by molar-refractivity contribution is 6.34. The average Bonchev–Trinajstić information content (AvgIpc) is 3.56. The molecule has 4 atom stereocenters. The number of allylic oxidation sites excluding steroid dienone is 1. The molecule has 4 heterocycles. The number of hydrogen-bond acceptors (Lipinski definition) is 7. The molecule has 0 unspecified atom stereocenters. The van der Waals surface area contributed by atoms with Gasteiger partial charge in [0.15, 0.2) is 5.65 Å². The van der Waals surface area contributed by atoms with Crippen LogP contribution in [0, 0.1) is 17.8 Å². The first kappa shape index (κ1) is 20.4. The maximum Gasteiger partial charge on any atom is 0.223 e. The van der Waals surface area contributed by atoms with Crippen molar-refractivity contribution in [3.05, 3.63) is 41.7 Å². The summed E-state index contributed by atoms with van der Waals surface area (Å²) in [5.41, 5.74) is 8.57. The molecule has 4 N–H and O–H groups in total. The molecule has 1 aliphatic heterocycles. The van der Waals surface area contributed by atoms with E-state index in [0.717, 1.165) is 30.9 Å². The molecule has 6 rings (SSSR count). The highest BCUT2D eigenvalue weighted by atomic mass is 35.5. The average molecular weight is 466 g/mol. The van der Waals surface area contributed by atoms with Crippen LogP contribution in [0.15, 0.2) is 36.7 Å². The van der Waals surface area contributed by atoms with E-state index in [-0.39, 0.29) is 29.7 Å². The normalized spacial score (nSPS) is 26.3. The number of hydrogen-bond donors (Lipinski definition) is 3. The van der Waals surface area contributed by atoms with Gasteiger partial charge in [-0.25, -0.2) is 15.0 Å². The Balaban J connectivity index is 1.39. The first-order valence-corrected chi connectivity index (χ1v) is 11.5. The molecule has 3 aliphatic rings. The zero-order chi connectivity index (χ0) is 22.5. The molecule has 170 valence electrons. The van der Waals surface area contributed by atoms with Crippen molar-refractivity contribution in [2.45, 2.75) is 12.5 Å². The molecule has 2 bridgehead atoms. The fourth-order valence-corrected chi connectivity index (χ4v) is 5.58. The monoisotopic (exact) mass is 465 g/mol. The van der Waals surface area contributed by atoms with Crippen molar-refractivity contribution in [1.29, 1.82) is 0 Å². The van der Waals surface area contributed by atoms with E-state index in [1.165, 1.54) is 0 Å². The van der Waals surface area contributed by atoms with Gasteiger partial charge in [0, 0.05) is 25.3 Å². The van der Waals surface area contributed by atoms with Crippen LogP contribution in [-0.2, 0) is 9.53 Å². The van der Waals surface area contributed by atoms with Crippen LogP contribution in [0.5, 0.6) is 0 Å². The smallest absolute Gasteiger partial charge is 0.223 e. The number of nitrogens with two attached hydrogens (primary N) is 1. The third-order valence-corrected chi connectivity index (χ3v) is 7.21. The van der Waals surface area contributed by atoms with Gasteiger partial charge in [-0.05, 0) is 30.4 Å². The number of pyridine rings is 2. The molecule has 1 saturated carbocycles. The van der Waals surface area contributed by atoms with Crippen molar-refractivity contribution >= 4 is 40.2 Å². The predicted molar refractivity (Wildman–Crippen MR) is 126 cm³/mol. The van der Waals surface area contributed by atoms with Crippen LogP contribution in [0.3, 0.4) is 0 Å². The van der Waals surface area contributed by atoms with E-state index >= 15 is 0 Å². The van der Waals surface area contributed by atoms with E-state index in [1.807, 2.05) is 12.1 Å². The number of H-pyrrole nitrogens is 1. The molecule has 0 spiro atoms. The van der Waals surface area contributed by atoms with Crippen molar-refractivity contribution in [1.82, 2.24) is 19.9 Å². The Morgan fingerprint density at radius 2 is 2.06 bits per heavy atom. The lowest BCUT2D eigenvalue weighted by Crippen LogP contribution is -2.41. The van der Waals surface area contributed by atoms with Crippen LogP contribution in [-0.4, -0.2) is 58.2 Å². The number of aromatic amines is 1. The van der Waals surface area contributed by atoms with Crippen LogP contribution in [0.4, 0.5) is 11.5 Å². The first-order valence-electron chi connectivity index (χ1n) is 11.2. The van der Waals surface area contributed by atoms with Gasteiger partial charge in [-0.1, -0.05) is 23.8 Å². The minimum absolute atomic E-state index is 0.116. The van der Waals surface area contributed by atoms with Gasteiger partial charge < -0.3 is 25.7 Å². The van der Waals surface area contributed by atoms with E-state index in [4.69, 9.17) is 27.1 Å². The van der Waals surface area contributed by atoms with Gasteiger partial charge in [-0.2, -0.15) is 0 Å². The summed E-state index contributed by atoms with van der Waals surface area (Å²) in [6, 6.07) is 3.77. The minimum Gasteiger partial charge on any atom is -0.378 e. The second kappa shape index (κ2) is 8.00. The topological polar surface area (TPSA) is 122 Å². The van der Waals surface area contributed by atoms with Crippen LogP contribution in [0.25, 0.3) is 22.6 Å². The number of amides is 1. The zero-order valence-corrected chi connectivity index (χ0v) is 18.6. The van der Waals surface area contributed by atoms with Gasteiger partial charge in [0.05, 0.1) is 41.6 Å². The van der Waals surface area contributed by atoms with Gasteiger partial charge in [-0.15, -0.1) is 0 Å². The summed E-state index contributed by atoms with van der Waals surface area (Å²) in [6.45, 7) is 2.88. The van der Waals surface area contributed by atoms with E-state index in [9.17, 15) is 4.79 Å². The number of carbonyl (C=O) groups is 1. The van der Waals surface area contributed by atoms with Crippen molar-refractivity contribution in [3.63, 3.8) is 0 Å². The highest BCUT2D eigenvalue weighted by Crippen LogP contribution is 2.46. The summed E-state index contributed by atoms with van der Waals surface area (Å²) in [5, 5.41) is 3.98. The van der Waals surface area contributed by atoms with E-state index < -0.39 is 0 Å². The molecule has 0 aromatic carbocycles. The summed E-state index contributed by atoms with van der Waals surface area (Å²) < 4.78 is 5.49. The zero-order valence-electron chi connectivity index (χ0n) is 17.9. The number of nitrogens with zero attached hydrogens (tertiary/aromatic N) is 4. The minimum atomic E-state index is -0.290. The van der Waals surface area contributed by atoms with Crippen molar-refractivity contribution < 1.29 is 9.53 Å². The number of morpholine rings is 1. The number of carbonyl (C=O) groups excluding carboxylic acids is 1. The quantitative estimate of drug-likeness (QED) is 0.495. The van der Waals surface area contributed by atoms with Crippen LogP contribution in [0.1, 0.15) is 6.42 Å². The van der Waals surface area contributed by atoms with Gasteiger partial charge in [0.25, 0.3) is 0 Å². The van der Waals surface area contributed by atoms with Crippen LogP contribution < -0.4 is 16.0 Å². The maximum atomic E-state index is 12.2. The van der Waals surface area contributed by atoms with Gasteiger partial charge >= 0.3 is 0 Å². The van der Waals surface area contributed by atoms with Gasteiger partial charge in [0.2, 0.25) is 5.91 Å². The van der Waals surface area contributed by atoms with E-state index in [2.05, 4.69) is 37.3 Å². The second-order valence-corrected chi connectivity index (χ2v) is 9.19.